The first-order chi connectivity index (χ1) is 17.7. The molecule has 7 nitrogen and oxygen atoms in total. The molecule has 0 unspecified atom stereocenters. The van der Waals surface area contributed by atoms with Crippen LogP contribution in [0.4, 0.5) is 24.7 Å². The normalized spacial score (nSPS) is 12.4. The first-order valence-corrected chi connectivity index (χ1v) is 11.2. The number of nitrogen functional groups attached to an aromatic ring is 2. The van der Waals surface area contributed by atoms with E-state index in [4.69, 9.17) is 16.2 Å². The number of alkyl halides is 2. The zero-order valence-electron chi connectivity index (χ0n) is 19.5. The van der Waals surface area contributed by atoms with Crippen LogP contribution in [0.3, 0.4) is 0 Å². The minimum absolute atomic E-state index is 0.0615. The maximum absolute atomic E-state index is 13.9. The van der Waals surface area contributed by atoms with Gasteiger partial charge in [-0.3, -0.25) is 4.79 Å². The van der Waals surface area contributed by atoms with Crippen molar-refractivity contribution in [3.05, 3.63) is 94.4 Å². The summed E-state index contributed by atoms with van der Waals surface area (Å²) in [5.74, 6) is -0.309. The SMILES string of the molecule is Cc1cc(Oc2ccccc2F)ccc1-n1ncc(C(=O)C2=Cc3cc(OC(F)F)c(N)cc3C2)c1N. The molecular formula is C27H21F3N4O3. The number of Topliss-reactive ketones (excluding diaryl/α,β-unsaturated/α-hetero) is 1. The van der Waals surface area contributed by atoms with Crippen molar-refractivity contribution >= 4 is 23.4 Å². The van der Waals surface area contributed by atoms with Crippen LogP contribution in [-0.2, 0) is 6.42 Å². The van der Waals surface area contributed by atoms with E-state index in [-0.39, 0.29) is 40.8 Å². The molecular weight excluding hydrogens is 485 g/mol. The molecule has 0 spiro atoms. The van der Waals surface area contributed by atoms with Crippen molar-refractivity contribution in [3.63, 3.8) is 0 Å². The largest absolute Gasteiger partial charge is 0.454 e. The van der Waals surface area contributed by atoms with Gasteiger partial charge >= 0.3 is 6.61 Å². The van der Waals surface area contributed by atoms with Gasteiger partial charge in [-0.2, -0.15) is 13.9 Å². The average molecular weight is 506 g/mol. The lowest BCUT2D eigenvalue weighted by Crippen LogP contribution is -2.09. The monoisotopic (exact) mass is 506 g/mol. The molecule has 1 aliphatic carbocycles. The summed E-state index contributed by atoms with van der Waals surface area (Å²) in [7, 11) is 0. The third-order valence-corrected chi connectivity index (χ3v) is 6.00. The second kappa shape index (κ2) is 9.38. The molecule has 0 amide bonds. The van der Waals surface area contributed by atoms with Crippen LogP contribution in [0, 0.1) is 12.7 Å². The Morgan fingerprint density at radius 2 is 1.86 bits per heavy atom. The highest BCUT2D eigenvalue weighted by atomic mass is 19.3. The number of nitrogens with two attached hydrogens (primary N) is 2. The first-order valence-electron chi connectivity index (χ1n) is 11.2. The van der Waals surface area contributed by atoms with Crippen LogP contribution < -0.4 is 20.9 Å². The van der Waals surface area contributed by atoms with Gasteiger partial charge in [0.2, 0.25) is 0 Å². The van der Waals surface area contributed by atoms with Crippen molar-refractivity contribution in [3.8, 4) is 22.9 Å². The number of rotatable bonds is 7. The van der Waals surface area contributed by atoms with Crippen LogP contribution in [0.15, 0.2) is 66.4 Å². The van der Waals surface area contributed by atoms with Gasteiger partial charge < -0.3 is 20.9 Å². The number of aromatic nitrogens is 2. The van der Waals surface area contributed by atoms with Crippen molar-refractivity contribution in [2.75, 3.05) is 11.5 Å². The Balaban J connectivity index is 1.38. The quantitative estimate of drug-likeness (QED) is 0.246. The van der Waals surface area contributed by atoms with E-state index in [2.05, 4.69) is 9.84 Å². The number of aryl methyl sites for hydroxylation is 1. The standard InChI is InChI=1S/C27H21F3N4O3/c1-14-8-18(36-23-5-3-2-4-20(23)28)6-7-22(14)34-26(32)19(13-33-34)25(35)17-9-15-11-21(31)24(37-27(29)30)12-16(15)10-17/h2-8,10-13,27H,9,31-32H2,1H3. The number of ketones is 1. The van der Waals surface area contributed by atoms with Gasteiger partial charge in [0.1, 0.15) is 17.3 Å². The molecule has 3 aromatic carbocycles. The van der Waals surface area contributed by atoms with Gasteiger partial charge in [-0.25, -0.2) is 9.07 Å². The zero-order chi connectivity index (χ0) is 26.3. The highest BCUT2D eigenvalue weighted by Crippen LogP contribution is 2.36. The minimum Gasteiger partial charge on any atom is -0.454 e. The van der Waals surface area contributed by atoms with Gasteiger partial charge in [0.15, 0.2) is 17.3 Å². The zero-order valence-corrected chi connectivity index (χ0v) is 19.5. The highest BCUT2D eigenvalue weighted by molar-refractivity contribution is 6.15. The van der Waals surface area contributed by atoms with E-state index in [1.165, 1.54) is 35.1 Å². The first kappa shape index (κ1) is 24.0. The van der Waals surface area contributed by atoms with E-state index >= 15 is 0 Å². The summed E-state index contributed by atoms with van der Waals surface area (Å²) in [4.78, 5) is 13.3. The van der Waals surface area contributed by atoms with E-state index in [9.17, 15) is 18.0 Å². The van der Waals surface area contributed by atoms with Gasteiger partial charge in [-0.1, -0.05) is 12.1 Å². The van der Waals surface area contributed by atoms with Crippen LogP contribution in [0.1, 0.15) is 27.0 Å². The summed E-state index contributed by atoms with van der Waals surface area (Å²) >= 11 is 0. The fourth-order valence-electron chi connectivity index (χ4n) is 4.22. The molecule has 0 bridgehead atoms. The van der Waals surface area contributed by atoms with E-state index in [1.807, 2.05) is 6.92 Å². The number of ether oxygens (including phenoxy) is 2. The van der Waals surface area contributed by atoms with Crippen LogP contribution in [0.2, 0.25) is 0 Å². The molecule has 0 saturated carbocycles. The molecule has 0 aliphatic heterocycles. The Bertz CT molecular complexity index is 1560. The molecule has 1 aromatic heterocycles. The molecule has 4 aromatic rings. The molecule has 1 heterocycles. The fourth-order valence-corrected chi connectivity index (χ4v) is 4.22. The van der Waals surface area contributed by atoms with Crippen molar-refractivity contribution < 1.29 is 27.4 Å². The number of carbonyl (C=O) groups excluding carboxylic acids is 1. The molecule has 188 valence electrons. The van der Waals surface area contributed by atoms with Crippen molar-refractivity contribution in [1.29, 1.82) is 0 Å². The lowest BCUT2D eigenvalue weighted by Gasteiger charge is -2.12. The van der Waals surface area contributed by atoms with Gasteiger partial charge in [0.05, 0.1) is 23.1 Å². The Kier molecular flexibility index (Phi) is 6.08. The second-order valence-corrected chi connectivity index (χ2v) is 8.48. The van der Waals surface area contributed by atoms with Gasteiger partial charge in [-0.15, -0.1) is 0 Å². The fraction of sp³-hybridized carbons (Fsp3) is 0.111. The molecule has 4 N–H and O–H groups in total. The van der Waals surface area contributed by atoms with E-state index in [0.717, 1.165) is 11.1 Å². The molecule has 0 saturated heterocycles. The van der Waals surface area contributed by atoms with Crippen LogP contribution in [0.5, 0.6) is 17.2 Å². The smallest absolute Gasteiger partial charge is 0.387 e. The number of anilines is 2. The lowest BCUT2D eigenvalue weighted by molar-refractivity contribution is -0.0493. The Morgan fingerprint density at radius 3 is 2.59 bits per heavy atom. The van der Waals surface area contributed by atoms with Gasteiger partial charge in [0.25, 0.3) is 0 Å². The molecule has 0 radical (unpaired) electrons. The number of hydrogen-bond donors (Lipinski definition) is 2. The number of allylic oxidation sites excluding steroid dienone is 1. The van der Waals surface area contributed by atoms with Gasteiger partial charge in [0, 0.05) is 12.0 Å². The second-order valence-electron chi connectivity index (χ2n) is 8.48. The van der Waals surface area contributed by atoms with E-state index in [0.29, 0.717) is 22.6 Å². The third-order valence-electron chi connectivity index (χ3n) is 6.00. The maximum Gasteiger partial charge on any atom is 0.387 e. The maximum atomic E-state index is 13.9. The summed E-state index contributed by atoms with van der Waals surface area (Å²) < 4.78 is 50.7. The number of nitrogens with zero attached hydrogens (tertiary/aromatic N) is 2. The topological polar surface area (TPSA) is 105 Å². The molecule has 37 heavy (non-hydrogen) atoms. The number of halogens is 3. The molecule has 10 heteroatoms. The summed E-state index contributed by atoms with van der Waals surface area (Å²) in [6.07, 6.45) is 3.25. The Morgan fingerprint density at radius 1 is 1.08 bits per heavy atom. The molecule has 5 rings (SSSR count). The van der Waals surface area contributed by atoms with E-state index < -0.39 is 12.4 Å². The average Bonchev–Trinajstić information content (AvgIpc) is 3.43. The molecule has 0 fully saturated rings. The number of fused-ring (bicyclic) bond motifs is 1. The number of hydrogen-bond acceptors (Lipinski definition) is 6. The molecule has 1 aliphatic rings. The number of benzene rings is 3. The third kappa shape index (κ3) is 4.61. The summed E-state index contributed by atoms with van der Waals surface area (Å²) in [5, 5.41) is 4.30. The van der Waals surface area contributed by atoms with Crippen LogP contribution in [-0.4, -0.2) is 22.2 Å². The molecule has 0 atom stereocenters. The van der Waals surface area contributed by atoms with Crippen molar-refractivity contribution in [1.82, 2.24) is 9.78 Å². The highest BCUT2D eigenvalue weighted by Gasteiger charge is 2.25. The van der Waals surface area contributed by atoms with E-state index in [1.54, 1.807) is 36.4 Å². The van der Waals surface area contributed by atoms with Crippen LogP contribution >= 0.6 is 0 Å². The summed E-state index contributed by atoms with van der Waals surface area (Å²) in [6, 6.07) is 14.1. The Hall–Kier alpha value is -4.73. The van der Waals surface area contributed by atoms with Gasteiger partial charge in [-0.05, 0) is 72.2 Å². The lowest BCUT2D eigenvalue weighted by atomic mass is 10.0. The van der Waals surface area contributed by atoms with Crippen molar-refractivity contribution in [2.24, 2.45) is 0 Å². The predicted octanol–water partition coefficient (Wildman–Crippen LogP) is 5.70. The predicted molar refractivity (Wildman–Crippen MR) is 133 cm³/mol. The van der Waals surface area contributed by atoms with Crippen LogP contribution in [0.25, 0.3) is 11.8 Å². The number of para-hydroxylation sites is 1. The number of carbonyl (C=O) groups is 1. The summed E-state index contributed by atoms with van der Waals surface area (Å²) in [5.41, 5.74) is 15.4. The minimum atomic E-state index is -3.01. The Labute approximate surface area is 209 Å². The summed E-state index contributed by atoms with van der Waals surface area (Å²) in [6.45, 7) is -1.20. The van der Waals surface area contributed by atoms with Crippen molar-refractivity contribution in [2.45, 2.75) is 20.0 Å².